The Morgan fingerprint density at radius 2 is 2.36 bits per heavy atom. The summed E-state index contributed by atoms with van der Waals surface area (Å²) in [5, 5.41) is 3.41. The summed E-state index contributed by atoms with van der Waals surface area (Å²) < 4.78 is 5.64. The standard InChI is InChI=1S/C12H21NO/c1-4-8-13-11(5-2)10-7-9-14-12(10)6-3/h2,10-13H,4,6-9H2,1,3H3. The zero-order valence-electron chi connectivity index (χ0n) is 9.25. The minimum absolute atomic E-state index is 0.197. The van der Waals surface area contributed by atoms with Crippen LogP contribution in [-0.4, -0.2) is 25.3 Å². The third kappa shape index (κ3) is 2.73. The van der Waals surface area contributed by atoms with Crippen LogP contribution in [0.5, 0.6) is 0 Å². The molecule has 2 heteroatoms. The number of rotatable bonds is 5. The summed E-state index contributed by atoms with van der Waals surface area (Å²) in [6.07, 6.45) is 9.20. The van der Waals surface area contributed by atoms with Crippen molar-refractivity contribution in [2.24, 2.45) is 5.92 Å². The largest absolute Gasteiger partial charge is 0.378 e. The molecular weight excluding hydrogens is 174 g/mol. The Hall–Kier alpha value is -0.520. The van der Waals surface area contributed by atoms with E-state index in [-0.39, 0.29) is 6.04 Å². The molecule has 0 aliphatic carbocycles. The van der Waals surface area contributed by atoms with Gasteiger partial charge in [-0.05, 0) is 25.8 Å². The third-order valence-electron chi connectivity index (χ3n) is 2.88. The van der Waals surface area contributed by atoms with Crippen LogP contribution in [0, 0.1) is 18.3 Å². The van der Waals surface area contributed by atoms with Crippen molar-refractivity contribution in [3.8, 4) is 12.3 Å². The molecule has 1 N–H and O–H groups in total. The van der Waals surface area contributed by atoms with Crippen LogP contribution in [0.15, 0.2) is 0 Å². The van der Waals surface area contributed by atoms with E-state index >= 15 is 0 Å². The molecule has 1 aliphatic rings. The van der Waals surface area contributed by atoms with E-state index in [2.05, 4.69) is 25.1 Å². The van der Waals surface area contributed by atoms with Crippen LogP contribution in [-0.2, 0) is 4.74 Å². The third-order valence-corrected chi connectivity index (χ3v) is 2.88. The van der Waals surface area contributed by atoms with Crippen LogP contribution in [0.3, 0.4) is 0 Å². The SMILES string of the molecule is C#CC(NCCC)C1CCOC1CC. The lowest BCUT2D eigenvalue weighted by atomic mass is 9.91. The molecule has 1 aliphatic heterocycles. The average Bonchev–Trinajstić information content (AvgIpc) is 2.67. The molecule has 0 bridgehead atoms. The highest BCUT2D eigenvalue weighted by molar-refractivity contribution is 5.05. The first-order valence-electron chi connectivity index (χ1n) is 5.64. The van der Waals surface area contributed by atoms with Gasteiger partial charge in [-0.25, -0.2) is 0 Å². The Morgan fingerprint density at radius 3 is 2.93 bits per heavy atom. The van der Waals surface area contributed by atoms with Crippen molar-refractivity contribution in [2.45, 2.75) is 45.3 Å². The quantitative estimate of drug-likeness (QED) is 0.675. The van der Waals surface area contributed by atoms with E-state index in [0.29, 0.717) is 12.0 Å². The van der Waals surface area contributed by atoms with E-state index in [0.717, 1.165) is 32.4 Å². The van der Waals surface area contributed by atoms with Gasteiger partial charge in [0.25, 0.3) is 0 Å². The van der Waals surface area contributed by atoms with Gasteiger partial charge in [0.2, 0.25) is 0 Å². The smallest absolute Gasteiger partial charge is 0.0741 e. The maximum atomic E-state index is 5.64. The van der Waals surface area contributed by atoms with Gasteiger partial charge in [-0.3, -0.25) is 0 Å². The molecule has 0 radical (unpaired) electrons. The van der Waals surface area contributed by atoms with Crippen LogP contribution in [0.2, 0.25) is 0 Å². The maximum absolute atomic E-state index is 5.64. The summed E-state index contributed by atoms with van der Waals surface area (Å²) in [5.74, 6) is 3.36. The van der Waals surface area contributed by atoms with Gasteiger partial charge in [-0.1, -0.05) is 19.8 Å². The van der Waals surface area contributed by atoms with E-state index < -0.39 is 0 Å². The lowest BCUT2D eigenvalue weighted by Crippen LogP contribution is -2.39. The van der Waals surface area contributed by atoms with E-state index in [1.54, 1.807) is 0 Å². The highest BCUT2D eigenvalue weighted by Gasteiger charge is 2.32. The minimum Gasteiger partial charge on any atom is -0.378 e. The van der Waals surface area contributed by atoms with Crippen LogP contribution in [0.4, 0.5) is 0 Å². The molecule has 80 valence electrons. The molecule has 1 fully saturated rings. The Bertz CT molecular complexity index is 197. The van der Waals surface area contributed by atoms with Crippen molar-refractivity contribution < 1.29 is 4.74 Å². The van der Waals surface area contributed by atoms with E-state index in [4.69, 9.17) is 11.2 Å². The van der Waals surface area contributed by atoms with Crippen LogP contribution in [0.25, 0.3) is 0 Å². The van der Waals surface area contributed by atoms with Crippen LogP contribution < -0.4 is 5.32 Å². The van der Waals surface area contributed by atoms with Gasteiger partial charge >= 0.3 is 0 Å². The van der Waals surface area contributed by atoms with Crippen molar-refractivity contribution in [3.63, 3.8) is 0 Å². The molecule has 1 rings (SSSR count). The Balaban J connectivity index is 2.46. The van der Waals surface area contributed by atoms with Crippen molar-refractivity contribution in [3.05, 3.63) is 0 Å². The molecule has 0 saturated carbocycles. The van der Waals surface area contributed by atoms with Crippen molar-refractivity contribution >= 4 is 0 Å². The van der Waals surface area contributed by atoms with Gasteiger partial charge < -0.3 is 10.1 Å². The molecule has 3 atom stereocenters. The van der Waals surface area contributed by atoms with Gasteiger partial charge in [0, 0.05) is 12.5 Å². The number of hydrogen-bond acceptors (Lipinski definition) is 2. The second kappa shape index (κ2) is 6.06. The van der Waals surface area contributed by atoms with Gasteiger partial charge in [0.15, 0.2) is 0 Å². The molecule has 0 amide bonds. The first-order chi connectivity index (χ1) is 6.83. The molecule has 1 saturated heterocycles. The van der Waals surface area contributed by atoms with Gasteiger partial charge in [0.05, 0.1) is 12.1 Å². The van der Waals surface area contributed by atoms with Gasteiger partial charge in [-0.2, -0.15) is 0 Å². The van der Waals surface area contributed by atoms with Crippen molar-refractivity contribution in [1.82, 2.24) is 5.32 Å². The highest BCUT2D eigenvalue weighted by atomic mass is 16.5. The zero-order chi connectivity index (χ0) is 10.4. The summed E-state index contributed by atoms with van der Waals surface area (Å²) in [5.41, 5.74) is 0. The van der Waals surface area contributed by atoms with Gasteiger partial charge in [0.1, 0.15) is 0 Å². The molecule has 0 aromatic heterocycles. The fourth-order valence-corrected chi connectivity index (χ4v) is 2.10. The molecular formula is C12H21NO. The summed E-state index contributed by atoms with van der Waals surface area (Å²) >= 11 is 0. The summed E-state index contributed by atoms with van der Waals surface area (Å²) in [4.78, 5) is 0. The second-order valence-corrected chi connectivity index (χ2v) is 3.87. The number of hydrogen-bond donors (Lipinski definition) is 1. The van der Waals surface area contributed by atoms with Crippen molar-refractivity contribution in [2.75, 3.05) is 13.2 Å². The number of nitrogens with one attached hydrogen (secondary N) is 1. The Morgan fingerprint density at radius 1 is 1.57 bits per heavy atom. The van der Waals surface area contributed by atoms with E-state index in [1.165, 1.54) is 0 Å². The molecule has 1 heterocycles. The fourth-order valence-electron chi connectivity index (χ4n) is 2.10. The van der Waals surface area contributed by atoms with Crippen molar-refractivity contribution in [1.29, 1.82) is 0 Å². The second-order valence-electron chi connectivity index (χ2n) is 3.87. The maximum Gasteiger partial charge on any atom is 0.0741 e. The monoisotopic (exact) mass is 195 g/mol. The molecule has 2 nitrogen and oxygen atoms in total. The molecule has 0 spiro atoms. The van der Waals surface area contributed by atoms with E-state index in [9.17, 15) is 0 Å². The molecule has 14 heavy (non-hydrogen) atoms. The summed E-state index contributed by atoms with van der Waals surface area (Å²) in [6, 6.07) is 0.197. The van der Waals surface area contributed by atoms with E-state index in [1.807, 2.05) is 0 Å². The average molecular weight is 195 g/mol. The fraction of sp³-hybridized carbons (Fsp3) is 0.833. The molecule has 0 aromatic carbocycles. The highest BCUT2D eigenvalue weighted by Crippen LogP contribution is 2.26. The minimum atomic E-state index is 0.197. The zero-order valence-corrected chi connectivity index (χ0v) is 9.25. The predicted molar refractivity (Wildman–Crippen MR) is 59.1 cm³/mol. The Kier molecular flexibility index (Phi) is 5.00. The predicted octanol–water partition coefficient (Wildman–Crippen LogP) is 1.80. The van der Waals surface area contributed by atoms with Crippen LogP contribution >= 0.6 is 0 Å². The molecule has 3 unspecified atom stereocenters. The number of ether oxygens (including phenoxy) is 1. The lowest BCUT2D eigenvalue weighted by molar-refractivity contribution is 0.0826. The normalized spacial score (nSPS) is 28.6. The Labute approximate surface area is 87.4 Å². The van der Waals surface area contributed by atoms with Gasteiger partial charge in [-0.15, -0.1) is 6.42 Å². The number of terminal acetylenes is 1. The molecule has 0 aromatic rings. The summed E-state index contributed by atoms with van der Waals surface area (Å²) in [7, 11) is 0. The summed E-state index contributed by atoms with van der Waals surface area (Å²) in [6.45, 7) is 6.19. The first-order valence-corrected chi connectivity index (χ1v) is 5.64. The van der Waals surface area contributed by atoms with Crippen LogP contribution in [0.1, 0.15) is 33.1 Å². The topological polar surface area (TPSA) is 21.3 Å². The first kappa shape index (κ1) is 11.6. The lowest BCUT2D eigenvalue weighted by Gasteiger charge is -2.23.